The van der Waals surface area contributed by atoms with Crippen molar-refractivity contribution in [3.63, 3.8) is 0 Å². The molecule has 0 saturated carbocycles. The van der Waals surface area contributed by atoms with Gasteiger partial charge in [0.05, 0.1) is 11.9 Å². The molecule has 0 aliphatic rings. The van der Waals surface area contributed by atoms with Gasteiger partial charge in [0, 0.05) is 17.5 Å². The average Bonchev–Trinajstić information content (AvgIpc) is 3.14. The lowest BCUT2D eigenvalue weighted by molar-refractivity contribution is -0.118. The highest BCUT2D eigenvalue weighted by molar-refractivity contribution is 6.06. The molecule has 8 nitrogen and oxygen atoms in total. The molecule has 27 heavy (non-hydrogen) atoms. The zero-order valence-corrected chi connectivity index (χ0v) is 15.5. The minimum atomic E-state index is -1.28. The van der Waals surface area contributed by atoms with Crippen LogP contribution in [0.15, 0.2) is 35.2 Å². The van der Waals surface area contributed by atoms with Crippen LogP contribution in [0.5, 0.6) is 0 Å². The van der Waals surface area contributed by atoms with Crippen LogP contribution in [-0.2, 0) is 4.79 Å². The van der Waals surface area contributed by atoms with Crippen LogP contribution in [0.25, 0.3) is 11.3 Å². The second-order valence-electron chi connectivity index (χ2n) is 6.52. The number of rotatable bonds is 8. The van der Waals surface area contributed by atoms with E-state index in [9.17, 15) is 14.4 Å². The number of carbonyl (C=O) groups excluding carboxylic acids is 2. The summed E-state index contributed by atoms with van der Waals surface area (Å²) in [5.41, 5.74) is 1.32. The number of carbonyl (C=O) groups is 3. The minimum Gasteiger partial charge on any atom is -0.465 e. The number of ketones is 1. The number of nitrogens with zero attached hydrogens (tertiary/aromatic N) is 1. The molecule has 2 aromatic rings. The first-order valence-electron chi connectivity index (χ1n) is 8.68. The highest BCUT2D eigenvalue weighted by atomic mass is 16.4. The van der Waals surface area contributed by atoms with E-state index in [4.69, 9.17) is 9.52 Å². The molecule has 1 aromatic heterocycles. The van der Waals surface area contributed by atoms with E-state index in [2.05, 4.69) is 15.6 Å². The third-order valence-corrected chi connectivity index (χ3v) is 3.94. The molecule has 1 unspecified atom stereocenters. The summed E-state index contributed by atoms with van der Waals surface area (Å²) in [6.45, 7) is 5.51. The van der Waals surface area contributed by atoms with Gasteiger partial charge in [-0.05, 0) is 30.5 Å². The number of aromatic nitrogens is 1. The number of anilines is 1. The number of hydrogen-bond acceptors (Lipinski definition) is 5. The number of amides is 2. The van der Waals surface area contributed by atoms with E-state index >= 15 is 0 Å². The third-order valence-electron chi connectivity index (χ3n) is 3.94. The fourth-order valence-corrected chi connectivity index (χ4v) is 2.66. The summed E-state index contributed by atoms with van der Waals surface area (Å²) in [4.78, 5) is 39.8. The van der Waals surface area contributed by atoms with E-state index in [0.29, 0.717) is 29.0 Å². The van der Waals surface area contributed by atoms with Gasteiger partial charge in [0.2, 0.25) is 5.91 Å². The van der Waals surface area contributed by atoms with Crippen molar-refractivity contribution in [2.45, 2.75) is 39.7 Å². The number of hydrogen-bond donors (Lipinski definition) is 3. The van der Waals surface area contributed by atoms with Gasteiger partial charge in [0.15, 0.2) is 17.9 Å². The molecule has 144 valence electrons. The maximum Gasteiger partial charge on any atom is 0.405 e. The van der Waals surface area contributed by atoms with Gasteiger partial charge in [-0.1, -0.05) is 20.8 Å². The largest absolute Gasteiger partial charge is 0.465 e. The number of Topliss-reactive ketones (excluding diaryl/α,β-unsaturated/α-hetero) is 1. The van der Waals surface area contributed by atoms with Gasteiger partial charge in [-0.25, -0.2) is 9.78 Å². The van der Waals surface area contributed by atoms with E-state index < -0.39 is 18.0 Å². The highest BCUT2D eigenvalue weighted by Gasteiger charge is 2.23. The Hall–Kier alpha value is -3.16. The third kappa shape index (κ3) is 5.40. The molecule has 0 radical (unpaired) electrons. The van der Waals surface area contributed by atoms with Gasteiger partial charge >= 0.3 is 6.09 Å². The summed E-state index contributed by atoms with van der Waals surface area (Å²) in [6, 6.07) is 4.02. The van der Waals surface area contributed by atoms with Crippen LogP contribution in [0.1, 0.15) is 44.0 Å². The maximum absolute atomic E-state index is 12.6. The van der Waals surface area contributed by atoms with Crippen molar-refractivity contribution in [2.24, 2.45) is 5.92 Å². The zero-order chi connectivity index (χ0) is 20.0. The van der Waals surface area contributed by atoms with Crippen molar-refractivity contribution in [1.82, 2.24) is 10.3 Å². The van der Waals surface area contributed by atoms with Gasteiger partial charge in [0.25, 0.3) is 0 Å². The summed E-state index contributed by atoms with van der Waals surface area (Å²) in [7, 11) is 0. The second kappa shape index (κ2) is 8.98. The Labute approximate surface area is 157 Å². The standard InChI is InChI=1S/C19H23N3O5/c1-4-16(23)13-8-12(17-9-20-10-27-17)5-6-14(13)21-18(24)15(7-11(2)3)22-19(25)26/h5-6,8-11,15,22H,4,7H2,1-3H3,(H,21,24)(H,25,26). The fraction of sp³-hybridized carbons (Fsp3) is 0.368. The highest BCUT2D eigenvalue weighted by Crippen LogP contribution is 2.26. The predicted octanol–water partition coefficient (Wildman–Crippen LogP) is 3.56. The lowest BCUT2D eigenvalue weighted by atomic mass is 10.0. The normalized spacial score (nSPS) is 11.9. The molecule has 0 aliphatic heterocycles. The Morgan fingerprint density at radius 2 is 2.00 bits per heavy atom. The molecular weight excluding hydrogens is 350 g/mol. The fourth-order valence-electron chi connectivity index (χ4n) is 2.66. The molecule has 1 atom stereocenters. The number of oxazole rings is 1. The minimum absolute atomic E-state index is 0.109. The van der Waals surface area contributed by atoms with Crippen molar-refractivity contribution < 1.29 is 23.9 Å². The molecule has 0 bridgehead atoms. The summed E-state index contributed by atoms with van der Waals surface area (Å²) in [5, 5.41) is 13.9. The van der Waals surface area contributed by atoms with Gasteiger partial charge in [-0.3, -0.25) is 9.59 Å². The summed E-state index contributed by atoms with van der Waals surface area (Å²) in [5.74, 6) is -0.0524. The average molecular weight is 373 g/mol. The first-order chi connectivity index (χ1) is 12.8. The number of nitrogens with one attached hydrogen (secondary N) is 2. The van der Waals surface area contributed by atoms with Crippen LogP contribution in [-0.4, -0.2) is 33.9 Å². The summed E-state index contributed by atoms with van der Waals surface area (Å²) < 4.78 is 5.25. The molecule has 1 heterocycles. The smallest absolute Gasteiger partial charge is 0.405 e. The molecule has 0 fully saturated rings. The van der Waals surface area contributed by atoms with E-state index in [-0.39, 0.29) is 18.1 Å². The lowest BCUT2D eigenvalue weighted by Gasteiger charge is -2.19. The Bertz CT molecular complexity index is 815. The monoisotopic (exact) mass is 373 g/mol. The predicted molar refractivity (Wildman–Crippen MR) is 99.6 cm³/mol. The summed E-state index contributed by atoms with van der Waals surface area (Å²) in [6.07, 6.45) is 2.14. The van der Waals surface area contributed by atoms with Crippen molar-refractivity contribution >= 4 is 23.5 Å². The molecule has 0 spiro atoms. The Balaban J connectivity index is 2.31. The Kier molecular flexibility index (Phi) is 6.70. The van der Waals surface area contributed by atoms with Crippen molar-refractivity contribution in [1.29, 1.82) is 0 Å². The quantitative estimate of drug-likeness (QED) is 0.608. The molecule has 1 aromatic carbocycles. The van der Waals surface area contributed by atoms with Crippen molar-refractivity contribution in [3.8, 4) is 11.3 Å². The first-order valence-corrected chi connectivity index (χ1v) is 8.68. The number of benzene rings is 1. The Morgan fingerprint density at radius 3 is 2.56 bits per heavy atom. The molecule has 0 aliphatic carbocycles. The van der Waals surface area contributed by atoms with Crippen LogP contribution in [0.3, 0.4) is 0 Å². The molecule has 8 heteroatoms. The van der Waals surface area contributed by atoms with Gasteiger partial charge in [-0.15, -0.1) is 0 Å². The van der Waals surface area contributed by atoms with Gasteiger partial charge < -0.3 is 20.2 Å². The van der Waals surface area contributed by atoms with Gasteiger partial charge in [0.1, 0.15) is 6.04 Å². The topological polar surface area (TPSA) is 122 Å². The SMILES string of the molecule is CCC(=O)c1cc(-c2cnco2)ccc1NC(=O)C(CC(C)C)NC(=O)O. The van der Waals surface area contributed by atoms with Gasteiger partial charge in [-0.2, -0.15) is 0 Å². The van der Waals surface area contributed by atoms with E-state index in [0.717, 1.165) is 0 Å². The Morgan fingerprint density at radius 1 is 1.26 bits per heavy atom. The van der Waals surface area contributed by atoms with Crippen molar-refractivity contribution in [3.05, 3.63) is 36.4 Å². The number of carboxylic acid groups (broad SMARTS) is 1. The van der Waals surface area contributed by atoms with E-state index in [1.54, 1.807) is 25.1 Å². The molecular formula is C19H23N3O5. The second-order valence-corrected chi connectivity index (χ2v) is 6.52. The first kappa shape index (κ1) is 20.2. The zero-order valence-electron chi connectivity index (χ0n) is 15.5. The van der Waals surface area contributed by atoms with Crippen LogP contribution in [0.4, 0.5) is 10.5 Å². The maximum atomic E-state index is 12.6. The lowest BCUT2D eigenvalue weighted by Crippen LogP contribution is -2.44. The van der Waals surface area contributed by atoms with Crippen LogP contribution in [0.2, 0.25) is 0 Å². The van der Waals surface area contributed by atoms with E-state index in [1.165, 1.54) is 12.6 Å². The van der Waals surface area contributed by atoms with Crippen LogP contribution in [0, 0.1) is 5.92 Å². The molecule has 0 saturated heterocycles. The molecule has 3 N–H and O–H groups in total. The van der Waals surface area contributed by atoms with Crippen LogP contribution < -0.4 is 10.6 Å². The van der Waals surface area contributed by atoms with E-state index in [1.807, 2.05) is 13.8 Å². The summed E-state index contributed by atoms with van der Waals surface area (Å²) >= 11 is 0. The van der Waals surface area contributed by atoms with Crippen molar-refractivity contribution in [2.75, 3.05) is 5.32 Å². The molecule has 2 amide bonds. The van der Waals surface area contributed by atoms with Crippen LogP contribution >= 0.6 is 0 Å². The molecule has 2 rings (SSSR count).